The number of imide groups is 1. The highest BCUT2D eigenvalue weighted by Gasteiger charge is 2.28. The number of hydrogen-bond acceptors (Lipinski definition) is 6. The Hall–Kier alpha value is -2.11. The first-order chi connectivity index (χ1) is 15.1. The van der Waals surface area contributed by atoms with Gasteiger partial charge in [-0.1, -0.05) is 52.8 Å². The summed E-state index contributed by atoms with van der Waals surface area (Å²) in [4.78, 5) is 28.6. The number of thioether (sulfide) groups is 1. The molecular formula is C21H33N5O4S2. The number of urea groups is 1. The number of benzene rings is 1. The number of primary amides is 1. The second-order valence-corrected chi connectivity index (χ2v) is 10.8. The molecule has 0 aliphatic rings. The Morgan fingerprint density at radius 1 is 1.22 bits per heavy atom. The van der Waals surface area contributed by atoms with Gasteiger partial charge in [0.25, 0.3) is 0 Å². The Kier molecular flexibility index (Phi) is 9.11. The van der Waals surface area contributed by atoms with Gasteiger partial charge in [0.05, 0.1) is 21.2 Å². The second-order valence-electron chi connectivity index (χ2n) is 7.78. The zero-order chi connectivity index (χ0) is 24.1. The van der Waals surface area contributed by atoms with E-state index in [0.29, 0.717) is 30.3 Å². The molecule has 1 aromatic heterocycles. The van der Waals surface area contributed by atoms with Gasteiger partial charge in [0.2, 0.25) is 15.9 Å². The molecule has 1 atom stereocenters. The number of aryl methyl sites for hydroxylation is 1. The summed E-state index contributed by atoms with van der Waals surface area (Å²) in [6.45, 7) is 10.9. The van der Waals surface area contributed by atoms with Crippen LogP contribution >= 0.6 is 11.8 Å². The van der Waals surface area contributed by atoms with Gasteiger partial charge in [-0.2, -0.15) is 4.31 Å². The zero-order valence-corrected chi connectivity index (χ0v) is 20.9. The van der Waals surface area contributed by atoms with Crippen molar-refractivity contribution in [2.24, 2.45) is 11.7 Å². The average Bonchev–Trinajstić information content (AvgIpc) is 3.06. The number of amides is 3. The topological polar surface area (TPSA) is 127 Å². The number of nitrogens with one attached hydrogen (secondary N) is 1. The number of carbonyl (C=O) groups is 2. The number of rotatable bonds is 11. The van der Waals surface area contributed by atoms with Crippen molar-refractivity contribution in [3.63, 3.8) is 0 Å². The number of sulfonamides is 1. The van der Waals surface area contributed by atoms with Gasteiger partial charge in [0.1, 0.15) is 0 Å². The fourth-order valence-corrected chi connectivity index (χ4v) is 5.99. The first kappa shape index (κ1) is 26.1. The molecular weight excluding hydrogens is 450 g/mol. The summed E-state index contributed by atoms with van der Waals surface area (Å²) < 4.78 is 29.3. The molecule has 0 saturated carbocycles. The maximum absolute atomic E-state index is 13.0. The van der Waals surface area contributed by atoms with Crippen molar-refractivity contribution >= 4 is 44.8 Å². The van der Waals surface area contributed by atoms with Crippen molar-refractivity contribution in [3.05, 3.63) is 18.2 Å². The van der Waals surface area contributed by atoms with E-state index in [1.165, 1.54) is 16.1 Å². The van der Waals surface area contributed by atoms with Gasteiger partial charge >= 0.3 is 6.03 Å². The van der Waals surface area contributed by atoms with Crippen LogP contribution in [0.3, 0.4) is 0 Å². The molecule has 0 spiro atoms. The minimum Gasteiger partial charge on any atom is -0.351 e. The highest BCUT2D eigenvalue weighted by atomic mass is 32.2. The Morgan fingerprint density at radius 2 is 1.88 bits per heavy atom. The summed E-state index contributed by atoms with van der Waals surface area (Å²) in [6.07, 6.45) is 1.87. The first-order valence-corrected chi connectivity index (χ1v) is 13.2. The smallest absolute Gasteiger partial charge is 0.318 e. The number of aromatic nitrogens is 2. The summed E-state index contributed by atoms with van der Waals surface area (Å²) in [7, 11) is -3.61. The maximum Gasteiger partial charge on any atom is 0.318 e. The molecule has 0 aliphatic carbocycles. The lowest BCUT2D eigenvalue weighted by Crippen LogP contribution is -2.42. The summed E-state index contributed by atoms with van der Waals surface area (Å²) in [5.41, 5.74) is 6.48. The fourth-order valence-electron chi connectivity index (χ4n) is 3.38. The third kappa shape index (κ3) is 5.81. The van der Waals surface area contributed by atoms with Crippen LogP contribution in [0.4, 0.5) is 4.79 Å². The Morgan fingerprint density at radius 3 is 2.41 bits per heavy atom. The summed E-state index contributed by atoms with van der Waals surface area (Å²) in [5, 5.41) is 2.17. The lowest BCUT2D eigenvalue weighted by Gasteiger charge is -2.19. The Labute approximate surface area is 194 Å². The van der Waals surface area contributed by atoms with Gasteiger partial charge in [0.15, 0.2) is 5.16 Å². The van der Waals surface area contributed by atoms with E-state index in [2.05, 4.69) is 17.2 Å². The van der Waals surface area contributed by atoms with E-state index in [9.17, 15) is 18.0 Å². The largest absolute Gasteiger partial charge is 0.351 e. The molecule has 178 valence electrons. The number of nitrogens with two attached hydrogens (primary N) is 1. The highest BCUT2D eigenvalue weighted by molar-refractivity contribution is 8.00. The molecule has 3 N–H and O–H groups in total. The monoisotopic (exact) mass is 483 g/mol. The van der Waals surface area contributed by atoms with Gasteiger partial charge in [-0.25, -0.2) is 18.2 Å². The summed E-state index contributed by atoms with van der Waals surface area (Å²) in [5.74, 6) is -0.561. The van der Waals surface area contributed by atoms with Crippen LogP contribution in [0, 0.1) is 5.92 Å². The van der Waals surface area contributed by atoms with Crippen LogP contribution in [0.1, 0.15) is 47.5 Å². The standard InChI is InChI=1S/C21H33N5O4S2/c1-6-9-12-26-17-11-10-15(32(29,30)25(7-2)8-3)13-16(17)23-21(26)31-18(14(4)5)19(27)24-20(22)28/h10-11,13-14,18H,6-9,12H2,1-5H3,(H3,22,24,27,28). The van der Waals surface area contributed by atoms with Gasteiger partial charge in [-0.15, -0.1) is 0 Å². The molecule has 0 bridgehead atoms. The van der Waals surface area contributed by atoms with Crippen molar-refractivity contribution in [3.8, 4) is 0 Å². The molecule has 0 fully saturated rings. The molecule has 3 amide bonds. The van der Waals surface area contributed by atoms with Crippen LogP contribution in [-0.2, 0) is 21.4 Å². The van der Waals surface area contributed by atoms with Crippen LogP contribution in [0.2, 0.25) is 0 Å². The van der Waals surface area contributed by atoms with Gasteiger partial charge in [0, 0.05) is 19.6 Å². The molecule has 1 heterocycles. The molecule has 0 aliphatic heterocycles. The third-order valence-corrected chi connectivity index (χ3v) is 8.69. The molecule has 0 radical (unpaired) electrons. The number of unbranched alkanes of at least 4 members (excludes halogenated alkanes) is 1. The lowest BCUT2D eigenvalue weighted by molar-refractivity contribution is -0.120. The van der Waals surface area contributed by atoms with E-state index in [1.54, 1.807) is 32.0 Å². The van der Waals surface area contributed by atoms with E-state index in [1.807, 2.05) is 18.4 Å². The van der Waals surface area contributed by atoms with Gasteiger partial charge in [-0.3, -0.25) is 10.1 Å². The van der Waals surface area contributed by atoms with Crippen molar-refractivity contribution < 1.29 is 18.0 Å². The van der Waals surface area contributed by atoms with E-state index in [-0.39, 0.29) is 10.8 Å². The number of hydrogen-bond donors (Lipinski definition) is 2. The SMILES string of the molecule is CCCCn1c(SC(C(=O)NC(N)=O)C(C)C)nc2cc(S(=O)(=O)N(CC)CC)ccc21. The first-order valence-electron chi connectivity index (χ1n) is 10.8. The molecule has 0 saturated heterocycles. The Balaban J connectivity index is 2.54. The molecule has 32 heavy (non-hydrogen) atoms. The van der Waals surface area contributed by atoms with Crippen molar-refractivity contribution in [2.45, 2.75) is 69.3 Å². The molecule has 11 heteroatoms. The second kappa shape index (κ2) is 11.2. The molecule has 2 aromatic rings. The van der Waals surface area contributed by atoms with Crippen LogP contribution in [0.25, 0.3) is 11.0 Å². The highest BCUT2D eigenvalue weighted by Crippen LogP contribution is 2.32. The van der Waals surface area contributed by atoms with E-state index in [4.69, 9.17) is 5.73 Å². The van der Waals surface area contributed by atoms with Crippen molar-refractivity contribution in [1.29, 1.82) is 0 Å². The van der Waals surface area contributed by atoms with E-state index in [0.717, 1.165) is 18.4 Å². The van der Waals surface area contributed by atoms with Crippen LogP contribution in [-0.4, -0.2) is 52.6 Å². The van der Waals surface area contributed by atoms with Crippen LogP contribution < -0.4 is 11.1 Å². The molecule has 1 aromatic carbocycles. The number of nitrogens with zero attached hydrogens (tertiary/aromatic N) is 3. The molecule has 2 rings (SSSR count). The normalized spacial score (nSPS) is 13.1. The fraction of sp³-hybridized carbons (Fsp3) is 0.571. The predicted octanol–water partition coefficient (Wildman–Crippen LogP) is 3.18. The maximum atomic E-state index is 13.0. The number of fused-ring (bicyclic) bond motifs is 1. The summed E-state index contributed by atoms with van der Waals surface area (Å²) >= 11 is 1.25. The molecule has 9 nitrogen and oxygen atoms in total. The minimum absolute atomic E-state index is 0.0857. The van der Waals surface area contributed by atoms with Crippen molar-refractivity contribution in [2.75, 3.05) is 13.1 Å². The number of carbonyl (C=O) groups excluding carboxylic acids is 2. The van der Waals surface area contributed by atoms with E-state index >= 15 is 0 Å². The van der Waals surface area contributed by atoms with E-state index < -0.39 is 27.2 Å². The third-order valence-electron chi connectivity index (χ3n) is 5.11. The minimum atomic E-state index is -3.61. The van der Waals surface area contributed by atoms with Gasteiger partial charge < -0.3 is 10.3 Å². The quantitative estimate of drug-likeness (QED) is 0.473. The zero-order valence-electron chi connectivity index (χ0n) is 19.3. The summed E-state index contributed by atoms with van der Waals surface area (Å²) in [6, 6.07) is 4.07. The average molecular weight is 484 g/mol. The predicted molar refractivity (Wildman–Crippen MR) is 127 cm³/mol. The van der Waals surface area contributed by atoms with Crippen molar-refractivity contribution in [1.82, 2.24) is 19.2 Å². The lowest BCUT2D eigenvalue weighted by atomic mass is 10.1. The van der Waals surface area contributed by atoms with Crippen LogP contribution in [0.5, 0.6) is 0 Å². The number of imidazole rings is 1. The van der Waals surface area contributed by atoms with Crippen LogP contribution in [0.15, 0.2) is 28.3 Å². The van der Waals surface area contributed by atoms with Gasteiger partial charge in [-0.05, 0) is 30.5 Å². The molecule has 1 unspecified atom stereocenters. The Bertz CT molecular complexity index is 1060.